The highest BCUT2D eigenvalue weighted by molar-refractivity contribution is 5.88. The number of carbonyl (C=O) groups is 5. The molecule has 0 amide bonds. The van der Waals surface area contributed by atoms with E-state index in [0.717, 1.165) is 77.0 Å². The molecule has 16 aliphatic carbocycles. The number of aliphatic hydroxyl groups is 8. The van der Waals surface area contributed by atoms with E-state index >= 15 is 0 Å². The molecule has 16 rings (SSSR count). The Morgan fingerprint density at radius 2 is 0.798 bits per heavy atom. The summed E-state index contributed by atoms with van der Waals surface area (Å²) < 4.78 is 31.8. The van der Waals surface area contributed by atoms with Gasteiger partial charge in [0, 0.05) is 111 Å². The smallest absolute Gasteiger partial charge is 0.333 e. The number of esters is 5. The van der Waals surface area contributed by atoms with Crippen molar-refractivity contribution in [3.8, 4) is 0 Å². The van der Waals surface area contributed by atoms with Crippen molar-refractivity contribution in [2.24, 2.45) is 35.0 Å². The second-order valence-electron chi connectivity index (χ2n) is 29.5. The van der Waals surface area contributed by atoms with Crippen LogP contribution >= 0.6 is 0 Å². The first-order valence-electron chi connectivity index (χ1n) is 30.4. The molecule has 16 bridgehead atoms. The van der Waals surface area contributed by atoms with Crippen LogP contribution in [0.25, 0.3) is 0 Å². The van der Waals surface area contributed by atoms with Crippen molar-refractivity contribution < 1.29 is 93.2 Å². The molecule has 0 aromatic rings. The summed E-state index contributed by atoms with van der Waals surface area (Å²) in [6.07, 6.45) is 18.7. The van der Waals surface area contributed by atoms with Gasteiger partial charge in [-0.2, -0.15) is 0 Å². The maximum absolute atomic E-state index is 11.8. The van der Waals surface area contributed by atoms with Gasteiger partial charge in [-0.05, 0) is 154 Å². The third-order valence-electron chi connectivity index (χ3n) is 19.9. The van der Waals surface area contributed by atoms with Crippen molar-refractivity contribution >= 4 is 29.8 Å². The van der Waals surface area contributed by atoms with E-state index in [-0.39, 0.29) is 86.2 Å². The zero-order valence-corrected chi connectivity index (χ0v) is 50.3. The second-order valence-corrected chi connectivity index (χ2v) is 29.5. The maximum atomic E-state index is 11.8. The lowest BCUT2D eigenvalue weighted by Crippen LogP contribution is -2.72. The molecule has 19 heteroatoms. The molecular formula is C65H96O19. The van der Waals surface area contributed by atoms with Crippen LogP contribution in [-0.4, -0.2) is 160 Å². The lowest BCUT2D eigenvalue weighted by atomic mass is 9.48. The molecule has 19 nitrogen and oxygen atoms in total. The monoisotopic (exact) mass is 1180 g/mol. The topological polar surface area (TPSA) is 303 Å². The second kappa shape index (κ2) is 24.0. The maximum Gasteiger partial charge on any atom is 0.333 e. The van der Waals surface area contributed by atoms with Gasteiger partial charge in [0.05, 0.1) is 52.4 Å². The molecule has 6 atom stereocenters. The quantitative estimate of drug-likeness (QED) is 0.0356. The summed E-state index contributed by atoms with van der Waals surface area (Å²) in [7, 11) is 0. The van der Waals surface area contributed by atoms with E-state index in [1.54, 1.807) is 27.7 Å². The molecule has 0 aliphatic heterocycles. The first kappa shape index (κ1) is 65.7. The molecule has 84 heavy (non-hydrogen) atoms. The van der Waals surface area contributed by atoms with Crippen molar-refractivity contribution in [1.29, 1.82) is 0 Å². The number of hydrogen-bond donors (Lipinski definition) is 8. The van der Waals surface area contributed by atoms with Crippen LogP contribution in [0, 0.1) is 35.0 Å². The Balaban J connectivity index is 0.000000138. The molecule has 0 spiro atoms. The van der Waals surface area contributed by atoms with E-state index in [2.05, 4.69) is 32.9 Å². The number of rotatable bonds is 16. The van der Waals surface area contributed by atoms with E-state index in [9.17, 15) is 59.7 Å². The minimum absolute atomic E-state index is 0.0456. The summed E-state index contributed by atoms with van der Waals surface area (Å²) in [5, 5.41) is 82.0. The molecule has 16 aliphatic rings. The molecular weight excluding hydrogens is 1080 g/mol. The fourth-order valence-electron chi connectivity index (χ4n) is 19.4. The predicted molar refractivity (Wildman–Crippen MR) is 306 cm³/mol. The molecule has 0 heterocycles. The Bertz CT molecular complexity index is 2500. The highest BCUT2D eigenvalue weighted by Crippen LogP contribution is 2.65. The lowest BCUT2D eigenvalue weighted by molar-refractivity contribution is -0.300. The summed E-state index contributed by atoms with van der Waals surface area (Å²) in [6.45, 7) is 25.7. The van der Waals surface area contributed by atoms with Crippen LogP contribution in [0.1, 0.15) is 188 Å². The Hall–Kier alpha value is -4.31. The number of ether oxygens (including phenoxy) is 6. The van der Waals surface area contributed by atoms with Gasteiger partial charge in [-0.15, -0.1) is 0 Å². The molecule has 6 unspecified atom stereocenters. The number of hydrogen-bond acceptors (Lipinski definition) is 19. The van der Waals surface area contributed by atoms with Crippen LogP contribution < -0.4 is 0 Å². The highest BCUT2D eigenvalue weighted by Gasteiger charge is 2.70. The van der Waals surface area contributed by atoms with Gasteiger partial charge < -0.3 is 69.3 Å². The van der Waals surface area contributed by atoms with Crippen molar-refractivity contribution in [3.05, 3.63) is 61.3 Å². The summed E-state index contributed by atoms with van der Waals surface area (Å²) in [4.78, 5) is 57.2. The Morgan fingerprint density at radius 3 is 1.21 bits per heavy atom. The molecule has 470 valence electrons. The van der Waals surface area contributed by atoms with E-state index in [4.69, 9.17) is 33.5 Å². The Morgan fingerprint density at radius 1 is 0.417 bits per heavy atom. The molecule has 0 aromatic carbocycles. The van der Waals surface area contributed by atoms with Crippen molar-refractivity contribution in [2.45, 2.75) is 244 Å². The fourth-order valence-corrected chi connectivity index (χ4v) is 19.4. The SMILES string of the molecule is C=C(C)C(=O)OC12CC3(O)CC(O)(CC(O)(C3)C1)C2.C=C(C)C(=O)OC12CC3CC(O)(CC(O)(C3)C1)C2.C=C(C)C(=O)OCC12CC3CC(CC(O)(C3)C1)C2.C=C(C)C(=O)OCCOCCCO.C=CC(=O)OC12CC3CC(CC(O)(C3)C1)C2. The van der Waals surface area contributed by atoms with Crippen LogP contribution in [0.15, 0.2) is 61.3 Å². The first-order valence-corrected chi connectivity index (χ1v) is 30.4. The molecule has 0 aromatic heterocycles. The van der Waals surface area contributed by atoms with Gasteiger partial charge in [0.1, 0.15) is 23.4 Å². The normalized spacial score (nSPS) is 42.6. The third-order valence-corrected chi connectivity index (χ3v) is 19.9. The Kier molecular flexibility index (Phi) is 18.8. The van der Waals surface area contributed by atoms with Crippen LogP contribution in [0.3, 0.4) is 0 Å². The molecule has 8 N–H and O–H groups in total. The van der Waals surface area contributed by atoms with Gasteiger partial charge in [-0.3, -0.25) is 0 Å². The van der Waals surface area contributed by atoms with Crippen LogP contribution in [0.2, 0.25) is 0 Å². The minimum Gasteiger partial charge on any atom is -0.462 e. The van der Waals surface area contributed by atoms with Gasteiger partial charge in [0.2, 0.25) is 0 Å². The highest BCUT2D eigenvalue weighted by atomic mass is 16.6. The lowest BCUT2D eigenvalue weighted by Gasteiger charge is -2.64. The van der Waals surface area contributed by atoms with E-state index in [1.807, 2.05) is 0 Å². The summed E-state index contributed by atoms with van der Waals surface area (Å²) >= 11 is 0. The van der Waals surface area contributed by atoms with Crippen LogP contribution in [0.5, 0.6) is 0 Å². The molecule has 16 saturated carbocycles. The Labute approximate surface area is 494 Å². The van der Waals surface area contributed by atoms with Crippen molar-refractivity contribution in [2.75, 3.05) is 33.0 Å². The molecule has 0 radical (unpaired) electrons. The predicted octanol–water partition coefficient (Wildman–Crippen LogP) is 6.46. The summed E-state index contributed by atoms with van der Waals surface area (Å²) in [6, 6.07) is 0. The average Bonchev–Trinajstić information content (AvgIpc) is 0.742. The number of carbonyl (C=O) groups excluding carboxylic acids is 5. The summed E-state index contributed by atoms with van der Waals surface area (Å²) in [5.74, 6) is 0.650. The van der Waals surface area contributed by atoms with Crippen LogP contribution in [0.4, 0.5) is 0 Å². The first-order chi connectivity index (χ1) is 38.9. The van der Waals surface area contributed by atoms with Crippen molar-refractivity contribution in [3.63, 3.8) is 0 Å². The minimum atomic E-state index is -1.15. The van der Waals surface area contributed by atoms with E-state index < -0.39 is 68.3 Å². The van der Waals surface area contributed by atoms with Crippen molar-refractivity contribution in [1.82, 2.24) is 0 Å². The van der Waals surface area contributed by atoms with Gasteiger partial charge in [0.15, 0.2) is 0 Å². The van der Waals surface area contributed by atoms with Gasteiger partial charge >= 0.3 is 29.8 Å². The zero-order valence-electron chi connectivity index (χ0n) is 50.3. The standard InChI is InChI=1S/C15H22O3.C14H20O5.C14H20O4.C13H18O3.C9H16O4/c1-10(2)13(16)18-9-14-4-11-3-12(5-14)7-15(17,6-11)8-14;1-9(2)10(15)19-14-6-11(16)3-12(17,7-14)5-13(18,4-11)8-14;1-9(2)11(15)18-14-5-10-3-12(16,7-14)6-13(17,4-10)8-14;1-2-11(14)16-13-6-9-3-10(7-13)5-12(15,4-9)8-13;1-8(2)9(11)13-7-6-12-5-3-4-10/h11-12,17H,1,3-9H2,2H3;16-18H,1,3-8H2,2H3;10,16-17H,1,3-8H2,2H3;2,9-10,15H,1,3-8H2;10H,1,3-7H2,2H3. The molecule has 0 saturated heterocycles. The largest absolute Gasteiger partial charge is 0.462 e. The third kappa shape index (κ3) is 15.5. The van der Waals surface area contributed by atoms with Gasteiger partial charge in [0.25, 0.3) is 0 Å². The fraction of sp³-hybridized carbons (Fsp3) is 0.769. The average molecular weight is 1180 g/mol. The molecule has 16 fully saturated rings. The van der Waals surface area contributed by atoms with Gasteiger partial charge in [-0.1, -0.05) is 32.9 Å². The van der Waals surface area contributed by atoms with E-state index in [1.165, 1.54) is 18.9 Å². The zero-order chi connectivity index (χ0) is 61.7. The summed E-state index contributed by atoms with van der Waals surface area (Å²) in [5.41, 5.74) is -6.69. The van der Waals surface area contributed by atoms with Gasteiger partial charge in [-0.25, -0.2) is 24.0 Å². The number of aliphatic hydroxyl groups excluding tert-OH is 1. The van der Waals surface area contributed by atoms with Crippen LogP contribution in [-0.2, 0) is 52.4 Å². The van der Waals surface area contributed by atoms with E-state index in [0.29, 0.717) is 92.3 Å².